The largest absolute Gasteiger partial charge is 0.277 e. The molecule has 108 valence electrons. The van der Waals surface area contributed by atoms with Gasteiger partial charge in [-0.2, -0.15) is 0 Å². The molecule has 0 aliphatic heterocycles. The molecule has 2 heterocycles. The molecule has 0 aliphatic carbocycles. The Labute approximate surface area is 132 Å². The van der Waals surface area contributed by atoms with Gasteiger partial charge in [-0.25, -0.2) is 18.7 Å². The van der Waals surface area contributed by atoms with Gasteiger partial charge in [0.2, 0.25) is 0 Å². The van der Waals surface area contributed by atoms with Gasteiger partial charge in [0.1, 0.15) is 23.0 Å². The van der Waals surface area contributed by atoms with Crippen molar-refractivity contribution in [3.63, 3.8) is 0 Å². The fourth-order valence-corrected chi connectivity index (χ4v) is 2.63. The molecular weight excluding hydrogens is 364 g/mol. The van der Waals surface area contributed by atoms with E-state index in [1.807, 2.05) is 13.0 Å². The van der Waals surface area contributed by atoms with Crippen LogP contribution in [0.25, 0.3) is 16.9 Å². The summed E-state index contributed by atoms with van der Waals surface area (Å²) in [7, 11) is 0. The Hall–Kier alpha value is -1.53. The van der Waals surface area contributed by atoms with Crippen LogP contribution in [0.2, 0.25) is 0 Å². The lowest BCUT2D eigenvalue weighted by molar-refractivity contribution is 0.587. The van der Waals surface area contributed by atoms with Crippen LogP contribution < -0.4 is 0 Å². The zero-order valence-electron chi connectivity index (χ0n) is 10.9. The number of halogens is 4. The zero-order chi connectivity index (χ0) is 15.1. The standard InChI is InChI=1S/C14H9BrClF2N3/c1-7-2-11-14(19-6-7)21(13(5-16)20-11)12-4-9(17)8(15)3-10(12)18/h2-4,6H,5H2,1H3. The summed E-state index contributed by atoms with van der Waals surface area (Å²) in [6, 6.07) is 3.99. The quantitative estimate of drug-likeness (QED) is 0.489. The number of hydrogen-bond donors (Lipinski definition) is 0. The summed E-state index contributed by atoms with van der Waals surface area (Å²) in [5.74, 6) is -0.686. The first-order valence-corrected chi connectivity index (χ1v) is 7.39. The van der Waals surface area contributed by atoms with Crippen molar-refractivity contribution in [1.29, 1.82) is 0 Å². The number of aryl methyl sites for hydroxylation is 1. The number of imidazole rings is 1. The highest BCUT2D eigenvalue weighted by Crippen LogP contribution is 2.27. The lowest BCUT2D eigenvalue weighted by Crippen LogP contribution is -2.04. The van der Waals surface area contributed by atoms with Crippen LogP contribution in [0.3, 0.4) is 0 Å². The van der Waals surface area contributed by atoms with Crippen molar-refractivity contribution in [3.05, 3.63) is 51.9 Å². The van der Waals surface area contributed by atoms with Crippen molar-refractivity contribution in [2.45, 2.75) is 12.8 Å². The van der Waals surface area contributed by atoms with Gasteiger partial charge >= 0.3 is 0 Å². The van der Waals surface area contributed by atoms with E-state index in [1.165, 1.54) is 4.57 Å². The summed E-state index contributed by atoms with van der Waals surface area (Å²) in [5.41, 5.74) is 1.99. The molecule has 0 amide bonds. The first-order chi connectivity index (χ1) is 10.0. The predicted molar refractivity (Wildman–Crippen MR) is 80.8 cm³/mol. The summed E-state index contributed by atoms with van der Waals surface area (Å²) >= 11 is 8.84. The minimum Gasteiger partial charge on any atom is -0.277 e. The van der Waals surface area contributed by atoms with E-state index in [0.29, 0.717) is 17.0 Å². The van der Waals surface area contributed by atoms with E-state index in [0.717, 1.165) is 17.7 Å². The van der Waals surface area contributed by atoms with Crippen LogP contribution >= 0.6 is 27.5 Å². The minimum atomic E-state index is -0.587. The monoisotopic (exact) mass is 371 g/mol. The number of pyridine rings is 1. The highest BCUT2D eigenvalue weighted by molar-refractivity contribution is 9.10. The van der Waals surface area contributed by atoms with Gasteiger partial charge in [-0.15, -0.1) is 11.6 Å². The molecule has 7 heteroatoms. The maximum absolute atomic E-state index is 14.2. The molecule has 0 unspecified atom stereocenters. The fraction of sp³-hybridized carbons (Fsp3) is 0.143. The van der Waals surface area contributed by atoms with Gasteiger partial charge in [0.05, 0.1) is 16.0 Å². The number of aromatic nitrogens is 3. The molecule has 0 aliphatic rings. The van der Waals surface area contributed by atoms with Gasteiger partial charge in [0.15, 0.2) is 5.65 Å². The molecule has 0 atom stereocenters. The van der Waals surface area contributed by atoms with Gasteiger partial charge in [-0.3, -0.25) is 4.57 Å². The third-order valence-electron chi connectivity index (χ3n) is 3.05. The number of rotatable bonds is 2. The van der Waals surface area contributed by atoms with Crippen LogP contribution in [0.4, 0.5) is 8.78 Å². The van der Waals surface area contributed by atoms with Crippen LogP contribution in [0.1, 0.15) is 11.4 Å². The average Bonchev–Trinajstić information content (AvgIpc) is 2.80. The summed E-state index contributed by atoms with van der Waals surface area (Å²) in [6.07, 6.45) is 1.64. The molecule has 21 heavy (non-hydrogen) atoms. The Morgan fingerprint density at radius 3 is 2.71 bits per heavy atom. The van der Waals surface area contributed by atoms with Gasteiger partial charge in [-0.05, 0) is 40.5 Å². The Morgan fingerprint density at radius 2 is 2.00 bits per heavy atom. The third kappa shape index (κ3) is 2.42. The average molecular weight is 373 g/mol. The molecule has 3 nitrogen and oxygen atoms in total. The van der Waals surface area contributed by atoms with Crippen LogP contribution in [0, 0.1) is 18.6 Å². The highest BCUT2D eigenvalue weighted by Gasteiger charge is 2.18. The predicted octanol–water partition coefficient (Wildman–Crippen LogP) is 4.51. The Bertz CT molecular complexity index is 848. The summed E-state index contributed by atoms with van der Waals surface area (Å²) in [4.78, 5) is 8.59. The lowest BCUT2D eigenvalue weighted by Gasteiger charge is -2.09. The summed E-state index contributed by atoms with van der Waals surface area (Å²) in [5, 5.41) is 0. The number of hydrogen-bond acceptors (Lipinski definition) is 2. The number of alkyl halides is 1. The molecule has 0 radical (unpaired) electrons. The molecule has 0 fully saturated rings. The second kappa shape index (κ2) is 5.35. The molecule has 0 N–H and O–H groups in total. The van der Waals surface area contributed by atoms with Crippen molar-refractivity contribution in [3.8, 4) is 5.69 Å². The fourth-order valence-electron chi connectivity index (χ4n) is 2.14. The van der Waals surface area contributed by atoms with E-state index in [9.17, 15) is 8.78 Å². The zero-order valence-corrected chi connectivity index (χ0v) is 13.2. The molecule has 2 aromatic heterocycles. The smallest absolute Gasteiger partial charge is 0.164 e. The van der Waals surface area contributed by atoms with Crippen LogP contribution in [-0.4, -0.2) is 14.5 Å². The van der Waals surface area contributed by atoms with E-state index in [-0.39, 0.29) is 16.0 Å². The molecule has 0 spiro atoms. The maximum Gasteiger partial charge on any atom is 0.164 e. The van der Waals surface area contributed by atoms with Gasteiger partial charge < -0.3 is 0 Å². The molecule has 3 aromatic rings. The maximum atomic E-state index is 14.2. The van der Waals surface area contributed by atoms with Crippen molar-refractivity contribution in [2.24, 2.45) is 0 Å². The molecule has 3 rings (SSSR count). The highest BCUT2D eigenvalue weighted by atomic mass is 79.9. The van der Waals surface area contributed by atoms with E-state index >= 15 is 0 Å². The lowest BCUT2D eigenvalue weighted by atomic mass is 10.2. The van der Waals surface area contributed by atoms with E-state index in [2.05, 4.69) is 25.9 Å². The first kappa shape index (κ1) is 14.4. The van der Waals surface area contributed by atoms with Gasteiger partial charge in [-0.1, -0.05) is 0 Å². The Balaban J connectivity index is 2.36. The van der Waals surface area contributed by atoms with E-state index in [4.69, 9.17) is 11.6 Å². The molecule has 1 aromatic carbocycles. The van der Waals surface area contributed by atoms with Crippen molar-refractivity contribution >= 4 is 38.7 Å². The van der Waals surface area contributed by atoms with E-state index < -0.39 is 11.6 Å². The van der Waals surface area contributed by atoms with Crippen molar-refractivity contribution < 1.29 is 8.78 Å². The van der Waals surface area contributed by atoms with Gasteiger partial charge in [0.25, 0.3) is 0 Å². The van der Waals surface area contributed by atoms with Crippen LogP contribution in [-0.2, 0) is 5.88 Å². The Kier molecular flexibility index (Phi) is 3.67. The van der Waals surface area contributed by atoms with Gasteiger partial charge in [0, 0.05) is 12.3 Å². The molecule has 0 saturated heterocycles. The SMILES string of the molecule is Cc1cnc2c(c1)nc(CCl)n2-c1cc(F)c(Br)cc1F. The van der Waals surface area contributed by atoms with Crippen LogP contribution in [0.5, 0.6) is 0 Å². The number of fused-ring (bicyclic) bond motifs is 1. The van der Waals surface area contributed by atoms with Crippen molar-refractivity contribution in [2.75, 3.05) is 0 Å². The number of benzene rings is 1. The summed E-state index contributed by atoms with van der Waals surface area (Å²) < 4.78 is 29.4. The molecule has 0 bridgehead atoms. The minimum absolute atomic E-state index is 0.0326. The second-order valence-electron chi connectivity index (χ2n) is 4.57. The van der Waals surface area contributed by atoms with E-state index in [1.54, 1.807) is 6.20 Å². The number of nitrogens with zero attached hydrogens (tertiary/aromatic N) is 3. The second-order valence-corrected chi connectivity index (χ2v) is 5.69. The first-order valence-electron chi connectivity index (χ1n) is 6.06. The Morgan fingerprint density at radius 1 is 1.24 bits per heavy atom. The normalized spacial score (nSPS) is 11.3. The third-order valence-corrected chi connectivity index (χ3v) is 3.90. The molecular formula is C14H9BrClF2N3. The summed E-state index contributed by atoms with van der Waals surface area (Å²) in [6.45, 7) is 1.88. The van der Waals surface area contributed by atoms with Crippen LogP contribution in [0.15, 0.2) is 28.9 Å². The topological polar surface area (TPSA) is 30.7 Å². The van der Waals surface area contributed by atoms with Crippen molar-refractivity contribution in [1.82, 2.24) is 14.5 Å². The molecule has 0 saturated carbocycles.